The summed E-state index contributed by atoms with van der Waals surface area (Å²) in [7, 11) is 0. The Balaban J connectivity index is 1.63. The van der Waals surface area contributed by atoms with Crippen molar-refractivity contribution in [3.05, 3.63) is 66.0 Å². The number of carbonyl (C=O) groups excluding carboxylic acids is 1. The summed E-state index contributed by atoms with van der Waals surface area (Å²) in [4.78, 5) is 20.5. The van der Waals surface area contributed by atoms with E-state index < -0.39 is 0 Å². The molecular weight excluding hydrogens is 309 g/mol. The van der Waals surface area contributed by atoms with Gasteiger partial charge in [-0.25, -0.2) is 9.37 Å². The number of hydrogen-bond donors (Lipinski definition) is 2. The highest BCUT2D eigenvalue weighted by Gasteiger charge is 2.15. The van der Waals surface area contributed by atoms with Crippen LogP contribution in [0.25, 0.3) is 11.4 Å². The van der Waals surface area contributed by atoms with E-state index in [1.54, 1.807) is 37.5 Å². The fraction of sp³-hybridized carbons (Fsp3) is 0.176. The van der Waals surface area contributed by atoms with Crippen molar-refractivity contribution >= 4 is 5.91 Å². The lowest BCUT2D eigenvalue weighted by Gasteiger charge is -2.11. The summed E-state index contributed by atoms with van der Waals surface area (Å²) >= 11 is 0. The van der Waals surface area contributed by atoms with Crippen molar-refractivity contribution in [1.29, 1.82) is 0 Å². The van der Waals surface area contributed by atoms with Crippen molar-refractivity contribution in [2.75, 3.05) is 0 Å². The van der Waals surface area contributed by atoms with E-state index in [0.29, 0.717) is 17.2 Å². The Morgan fingerprint density at radius 3 is 2.96 bits per heavy atom. The number of amides is 1. The number of carbonyl (C=O) groups is 1. The third kappa shape index (κ3) is 3.81. The van der Waals surface area contributed by atoms with Gasteiger partial charge in [0, 0.05) is 18.0 Å². The molecule has 7 heteroatoms. The van der Waals surface area contributed by atoms with Crippen molar-refractivity contribution in [3.63, 3.8) is 0 Å². The SMILES string of the molecule is C[C@H](NC(=O)Cc1cccc(F)c1)c1nc(-c2cccnc2)n[nH]1. The molecule has 0 unspecified atom stereocenters. The van der Waals surface area contributed by atoms with Crippen LogP contribution in [-0.2, 0) is 11.2 Å². The molecule has 0 aliphatic carbocycles. The third-order valence-electron chi connectivity index (χ3n) is 3.46. The number of benzene rings is 1. The quantitative estimate of drug-likeness (QED) is 0.754. The number of aromatic amines is 1. The van der Waals surface area contributed by atoms with Gasteiger partial charge in [0.15, 0.2) is 5.82 Å². The number of H-pyrrole nitrogens is 1. The minimum Gasteiger partial charge on any atom is -0.346 e. The average Bonchev–Trinajstić information content (AvgIpc) is 3.05. The van der Waals surface area contributed by atoms with E-state index in [-0.39, 0.29) is 24.2 Å². The zero-order valence-electron chi connectivity index (χ0n) is 13.0. The first-order chi connectivity index (χ1) is 11.6. The van der Waals surface area contributed by atoms with E-state index in [4.69, 9.17) is 0 Å². The monoisotopic (exact) mass is 325 g/mol. The van der Waals surface area contributed by atoms with Crippen LogP contribution in [0.3, 0.4) is 0 Å². The molecule has 2 aromatic heterocycles. The van der Waals surface area contributed by atoms with Crippen molar-refractivity contribution in [2.45, 2.75) is 19.4 Å². The second-order valence-electron chi connectivity index (χ2n) is 5.38. The molecule has 122 valence electrons. The van der Waals surface area contributed by atoms with E-state index in [2.05, 4.69) is 25.5 Å². The summed E-state index contributed by atoms with van der Waals surface area (Å²) in [5, 5.41) is 9.77. The molecule has 24 heavy (non-hydrogen) atoms. The topological polar surface area (TPSA) is 83.6 Å². The molecule has 1 aromatic carbocycles. The van der Waals surface area contributed by atoms with E-state index in [1.165, 1.54) is 12.1 Å². The second kappa shape index (κ2) is 6.99. The molecule has 1 amide bonds. The first-order valence-electron chi connectivity index (χ1n) is 7.48. The molecule has 1 atom stereocenters. The van der Waals surface area contributed by atoms with Crippen LogP contribution in [0.2, 0.25) is 0 Å². The second-order valence-corrected chi connectivity index (χ2v) is 5.38. The summed E-state index contributed by atoms with van der Waals surface area (Å²) in [6, 6.07) is 9.30. The minimum absolute atomic E-state index is 0.103. The van der Waals surface area contributed by atoms with E-state index in [1.807, 2.05) is 6.07 Å². The summed E-state index contributed by atoms with van der Waals surface area (Å²) in [6.45, 7) is 1.80. The van der Waals surface area contributed by atoms with Gasteiger partial charge in [0.25, 0.3) is 0 Å². The number of nitrogens with one attached hydrogen (secondary N) is 2. The van der Waals surface area contributed by atoms with Gasteiger partial charge in [-0.1, -0.05) is 12.1 Å². The van der Waals surface area contributed by atoms with Gasteiger partial charge in [0.2, 0.25) is 5.91 Å². The molecular formula is C17H16FN5O. The van der Waals surface area contributed by atoms with Crippen LogP contribution < -0.4 is 5.32 Å². The fourth-order valence-electron chi connectivity index (χ4n) is 2.29. The molecule has 0 fully saturated rings. The van der Waals surface area contributed by atoms with Crippen LogP contribution in [-0.4, -0.2) is 26.1 Å². The summed E-state index contributed by atoms with van der Waals surface area (Å²) < 4.78 is 13.1. The lowest BCUT2D eigenvalue weighted by Crippen LogP contribution is -2.28. The third-order valence-corrected chi connectivity index (χ3v) is 3.46. The Kier molecular flexibility index (Phi) is 4.60. The van der Waals surface area contributed by atoms with Gasteiger partial charge in [0.05, 0.1) is 12.5 Å². The lowest BCUT2D eigenvalue weighted by molar-refractivity contribution is -0.121. The first kappa shape index (κ1) is 15.8. The van der Waals surface area contributed by atoms with E-state index in [9.17, 15) is 9.18 Å². The van der Waals surface area contributed by atoms with Crippen LogP contribution in [0.15, 0.2) is 48.8 Å². The number of rotatable bonds is 5. The van der Waals surface area contributed by atoms with Crippen LogP contribution in [0.5, 0.6) is 0 Å². The number of pyridine rings is 1. The molecule has 0 aliphatic heterocycles. The predicted octanol–water partition coefficient (Wildman–Crippen LogP) is 2.43. The van der Waals surface area contributed by atoms with Crippen LogP contribution in [0, 0.1) is 5.82 Å². The van der Waals surface area contributed by atoms with Gasteiger partial charge in [-0.15, -0.1) is 0 Å². The zero-order chi connectivity index (χ0) is 16.9. The van der Waals surface area contributed by atoms with Crippen LogP contribution in [0.4, 0.5) is 4.39 Å². The van der Waals surface area contributed by atoms with E-state index in [0.717, 1.165) is 5.56 Å². The van der Waals surface area contributed by atoms with E-state index >= 15 is 0 Å². The highest BCUT2D eigenvalue weighted by atomic mass is 19.1. The standard InChI is InChI=1S/C17H16FN5O/c1-11(20-15(24)9-12-4-2-6-14(18)8-12)16-21-17(23-22-16)13-5-3-7-19-10-13/h2-8,10-11H,9H2,1H3,(H,20,24)(H,21,22,23)/t11-/m0/s1. The lowest BCUT2D eigenvalue weighted by atomic mass is 10.1. The summed E-state index contributed by atoms with van der Waals surface area (Å²) in [6.07, 6.45) is 3.44. The Bertz CT molecular complexity index is 834. The Morgan fingerprint density at radius 1 is 1.33 bits per heavy atom. The normalized spacial score (nSPS) is 11.9. The number of halogens is 1. The van der Waals surface area contributed by atoms with Gasteiger partial charge >= 0.3 is 0 Å². The molecule has 0 bridgehead atoms. The predicted molar refractivity (Wildman–Crippen MR) is 86.3 cm³/mol. The molecule has 0 spiro atoms. The van der Waals surface area contributed by atoms with Crippen LogP contribution in [0.1, 0.15) is 24.4 Å². The highest BCUT2D eigenvalue weighted by Crippen LogP contribution is 2.15. The number of hydrogen-bond acceptors (Lipinski definition) is 4. The molecule has 0 aliphatic rings. The highest BCUT2D eigenvalue weighted by molar-refractivity contribution is 5.78. The smallest absolute Gasteiger partial charge is 0.225 e. The minimum atomic E-state index is -0.357. The van der Waals surface area contributed by atoms with Gasteiger partial charge in [0.1, 0.15) is 11.6 Å². The van der Waals surface area contributed by atoms with Gasteiger partial charge in [-0.05, 0) is 36.8 Å². The van der Waals surface area contributed by atoms with Gasteiger partial charge in [-0.3, -0.25) is 14.9 Å². The maximum atomic E-state index is 13.1. The van der Waals surface area contributed by atoms with Gasteiger partial charge < -0.3 is 5.32 Å². The number of nitrogens with zero attached hydrogens (tertiary/aromatic N) is 3. The molecule has 0 radical (unpaired) electrons. The van der Waals surface area contributed by atoms with Gasteiger partial charge in [-0.2, -0.15) is 5.10 Å². The van der Waals surface area contributed by atoms with Crippen molar-refractivity contribution in [1.82, 2.24) is 25.5 Å². The van der Waals surface area contributed by atoms with Crippen molar-refractivity contribution in [3.8, 4) is 11.4 Å². The molecule has 0 saturated carbocycles. The summed E-state index contributed by atoms with van der Waals surface area (Å²) in [5.41, 5.74) is 1.41. The molecule has 3 rings (SSSR count). The van der Waals surface area contributed by atoms with Crippen molar-refractivity contribution in [2.24, 2.45) is 0 Å². The molecule has 0 saturated heterocycles. The first-order valence-corrected chi connectivity index (χ1v) is 7.48. The maximum absolute atomic E-state index is 13.1. The van der Waals surface area contributed by atoms with Crippen LogP contribution >= 0.6 is 0 Å². The molecule has 2 heterocycles. The largest absolute Gasteiger partial charge is 0.346 e. The summed E-state index contributed by atoms with van der Waals surface area (Å²) in [5.74, 6) is 0.489. The maximum Gasteiger partial charge on any atom is 0.225 e. The Labute approximate surface area is 138 Å². The Hall–Kier alpha value is -3.09. The number of aromatic nitrogens is 4. The molecule has 6 nitrogen and oxygen atoms in total. The zero-order valence-corrected chi connectivity index (χ0v) is 13.0. The Morgan fingerprint density at radius 2 is 2.21 bits per heavy atom. The molecule has 3 aromatic rings. The van der Waals surface area contributed by atoms with Crippen molar-refractivity contribution < 1.29 is 9.18 Å². The fourth-order valence-corrected chi connectivity index (χ4v) is 2.29. The average molecular weight is 325 g/mol. The molecule has 2 N–H and O–H groups in total.